The van der Waals surface area contributed by atoms with Crippen LogP contribution in [0.5, 0.6) is 0 Å². The summed E-state index contributed by atoms with van der Waals surface area (Å²) in [6, 6.07) is 0. The summed E-state index contributed by atoms with van der Waals surface area (Å²) in [5.74, 6) is -2.15. The first-order valence-corrected chi connectivity index (χ1v) is 7.48. The molecule has 1 atom stereocenters. The van der Waals surface area contributed by atoms with Crippen molar-refractivity contribution in [3.63, 3.8) is 0 Å². The molecule has 2 heterocycles. The normalized spacial score (nSPS) is 21.9. The van der Waals surface area contributed by atoms with Crippen LogP contribution in [0.15, 0.2) is 36.3 Å². The van der Waals surface area contributed by atoms with Gasteiger partial charge >= 0.3 is 11.9 Å². The number of hydrogen-bond acceptors (Lipinski definition) is 7. The van der Waals surface area contributed by atoms with Gasteiger partial charge in [0.15, 0.2) is 6.10 Å². The van der Waals surface area contributed by atoms with Crippen molar-refractivity contribution in [1.29, 1.82) is 0 Å². The van der Waals surface area contributed by atoms with Crippen LogP contribution in [0.25, 0.3) is 0 Å². The Labute approximate surface area is 144 Å². The van der Waals surface area contributed by atoms with Crippen molar-refractivity contribution in [1.82, 2.24) is 16.0 Å². The van der Waals surface area contributed by atoms with Crippen LogP contribution < -0.4 is 16.0 Å². The number of amides is 2. The second kappa shape index (κ2) is 7.20. The van der Waals surface area contributed by atoms with Crippen molar-refractivity contribution < 1.29 is 28.7 Å². The maximum Gasteiger partial charge on any atom is 0.331 e. The first kappa shape index (κ1) is 18.2. The van der Waals surface area contributed by atoms with Gasteiger partial charge in [0.25, 0.3) is 11.8 Å². The lowest BCUT2D eigenvalue weighted by molar-refractivity contribution is -0.154. The fourth-order valence-electron chi connectivity index (χ4n) is 2.16. The van der Waals surface area contributed by atoms with Gasteiger partial charge in [-0.05, 0) is 0 Å². The molecule has 9 nitrogen and oxygen atoms in total. The van der Waals surface area contributed by atoms with Crippen LogP contribution in [0.2, 0.25) is 0 Å². The summed E-state index contributed by atoms with van der Waals surface area (Å²) in [5, 5.41) is 7.71. The zero-order valence-electron chi connectivity index (χ0n) is 13.9. The predicted molar refractivity (Wildman–Crippen MR) is 85.3 cm³/mol. The third-order valence-corrected chi connectivity index (χ3v) is 3.60. The second-order valence-electron chi connectivity index (χ2n) is 6.21. The van der Waals surface area contributed by atoms with Crippen LogP contribution in [-0.4, -0.2) is 43.0 Å². The number of carbonyl (C=O) groups is 4. The van der Waals surface area contributed by atoms with Gasteiger partial charge in [0, 0.05) is 30.3 Å². The quantitative estimate of drug-likeness (QED) is 0.440. The van der Waals surface area contributed by atoms with Crippen LogP contribution in [0.4, 0.5) is 0 Å². The van der Waals surface area contributed by atoms with Crippen molar-refractivity contribution >= 4 is 23.8 Å². The first-order chi connectivity index (χ1) is 11.7. The molecule has 2 aliphatic rings. The number of ether oxygens (including phenoxy) is 2. The van der Waals surface area contributed by atoms with E-state index in [1.807, 2.05) is 0 Å². The van der Waals surface area contributed by atoms with Crippen molar-refractivity contribution in [3.8, 4) is 0 Å². The molecule has 9 heteroatoms. The van der Waals surface area contributed by atoms with Gasteiger partial charge in [0.1, 0.15) is 12.4 Å². The smallest absolute Gasteiger partial charge is 0.331 e. The molecule has 1 unspecified atom stereocenters. The maximum atomic E-state index is 11.7. The largest absolute Gasteiger partial charge is 0.457 e. The topological polar surface area (TPSA) is 123 Å². The Morgan fingerprint density at radius 1 is 1.32 bits per heavy atom. The Morgan fingerprint density at radius 3 is 2.60 bits per heavy atom. The van der Waals surface area contributed by atoms with Crippen molar-refractivity contribution in [2.45, 2.75) is 20.0 Å². The summed E-state index contributed by atoms with van der Waals surface area (Å²) in [5.41, 5.74) is -0.333. The average Bonchev–Trinajstić information content (AvgIpc) is 2.79. The molecule has 0 aliphatic carbocycles. The molecule has 1 fully saturated rings. The van der Waals surface area contributed by atoms with E-state index in [-0.39, 0.29) is 18.1 Å². The molecule has 0 aromatic carbocycles. The van der Waals surface area contributed by atoms with E-state index in [2.05, 4.69) is 22.5 Å². The molecule has 0 saturated carbocycles. The highest BCUT2D eigenvalue weighted by atomic mass is 16.6. The molecule has 134 valence electrons. The zero-order valence-corrected chi connectivity index (χ0v) is 13.9. The summed E-state index contributed by atoms with van der Waals surface area (Å²) in [6.07, 6.45) is 2.19. The average molecular weight is 349 g/mol. The van der Waals surface area contributed by atoms with Crippen LogP contribution in [0.1, 0.15) is 13.8 Å². The Morgan fingerprint density at radius 2 is 2.00 bits per heavy atom. The number of nitrogens with one attached hydrogen (secondary N) is 3. The molecule has 0 aromatic heterocycles. The first-order valence-electron chi connectivity index (χ1n) is 7.48. The SMILES string of the molecule is C=C1NC=C(COC(=O)/C=C/C(=O)OC2C(=O)NCC2(C)C)C(=O)N1. The van der Waals surface area contributed by atoms with Crippen molar-refractivity contribution in [2.75, 3.05) is 13.2 Å². The molecule has 0 spiro atoms. The van der Waals surface area contributed by atoms with Gasteiger partial charge in [-0.1, -0.05) is 20.4 Å². The van der Waals surface area contributed by atoms with E-state index in [0.29, 0.717) is 12.4 Å². The van der Waals surface area contributed by atoms with Gasteiger partial charge < -0.3 is 25.4 Å². The molecule has 0 aromatic rings. The fourth-order valence-corrected chi connectivity index (χ4v) is 2.16. The Bertz CT molecular complexity index is 692. The summed E-state index contributed by atoms with van der Waals surface area (Å²) in [4.78, 5) is 46.5. The summed E-state index contributed by atoms with van der Waals surface area (Å²) in [7, 11) is 0. The standard InChI is InChI=1S/C16H19N3O6/c1-9-17-6-10(14(22)19-9)7-24-11(20)4-5-12(21)25-13-15(23)18-8-16(13,2)3/h4-6,13,17H,1,7-8H2,2-3H3,(H,18,23)(H,19,22)/b5-4+. The molecular weight excluding hydrogens is 330 g/mol. The van der Waals surface area contributed by atoms with E-state index in [1.54, 1.807) is 13.8 Å². The van der Waals surface area contributed by atoms with E-state index in [1.165, 1.54) is 6.20 Å². The number of rotatable bonds is 5. The van der Waals surface area contributed by atoms with E-state index in [9.17, 15) is 19.2 Å². The highest BCUT2D eigenvalue weighted by Gasteiger charge is 2.43. The van der Waals surface area contributed by atoms with Crippen molar-refractivity contribution in [2.24, 2.45) is 5.41 Å². The van der Waals surface area contributed by atoms with Gasteiger partial charge in [-0.3, -0.25) is 9.59 Å². The summed E-state index contributed by atoms with van der Waals surface area (Å²) >= 11 is 0. The van der Waals surface area contributed by atoms with Crippen LogP contribution in [0.3, 0.4) is 0 Å². The lowest BCUT2D eigenvalue weighted by atomic mass is 9.90. The minimum Gasteiger partial charge on any atom is -0.457 e. The van der Waals surface area contributed by atoms with Gasteiger partial charge in [0.2, 0.25) is 0 Å². The lowest BCUT2D eigenvalue weighted by Gasteiger charge is -2.22. The minimum atomic E-state index is -0.920. The third-order valence-electron chi connectivity index (χ3n) is 3.60. The van der Waals surface area contributed by atoms with Gasteiger partial charge in [0.05, 0.1) is 5.57 Å². The molecule has 1 saturated heterocycles. The van der Waals surface area contributed by atoms with Gasteiger partial charge in [-0.2, -0.15) is 0 Å². The highest BCUT2D eigenvalue weighted by molar-refractivity contribution is 5.97. The molecule has 0 bridgehead atoms. The number of esters is 2. The predicted octanol–water partition coefficient (Wildman–Crippen LogP) is -0.772. The maximum absolute atomic E-state index is 11.7. The van der Waals surface area contributed by atoms with E-state index in [4.69, 9.17) is 9.47 Å². The summed E-state index contributed by atoms with van der Waals surface area (Å²) < 4.78 is 9.93. The van der Waals surface area contributed by atoms with Crippen molar-refractivity contribution in [3.05, 3.63) is 36.3 Å². The summed E-state index contributed by atoms with van der Waals surface area (Å²) in [6.45, 7) is 7.20. The van der Waals surface area contributed by atoms with Crippen LogP contribution >= 0.6 is 0 Å². The Balaban J connectivity index is 1.82. The molecule has 25 heavy (non-hydrogen) atoms. The van der Waals surface area contributed by atoms with E-state index >= 15 is 0 Å². The lowest BCUT2D eigenvalue weighted by Crippen LogP contribution is -2.36. The molecule has 2 amide bonds. The van der Waals surface area contributed by atoms with E-state index < -0.39 is 29.4 Å². The molecule has 2 rings (SSSR count). The Hall–Kier alpha value is -3.10. The number of carbonyl (C=O) groups excluding carboxylic acids is 4. The number of hydrogen-bond donors (Lipinski definition) is 3. The van der Waals surface area contributed by atoms with Crippen LogP contribution in [0, 0.1) is 5.41 Å². The minimum absolute atomic E-state index is 0.195. The monoisotopic (exact) mass is 349 g/mol. The van der Waals surface area contributed by atoms with Gasteiger partial charge in [-0.25, -0.2) is 9.59 Å². The molecule has 3 N–H and O–H groups in total. The zero-order chi connectivity index (χ0) is 18.6. The molecule has 2 aliphatic heterocycles. The highest BCUT2D eigenvalue weighted by Crippen LogP contribution is 2.27. The van der Waals surface area contributed by atoms with Gasteiger partial charge in [-0.15, -0.1) is 0 Å². The molecular formula is C16H19N3O6. The van der Waals surface area contributed by atoms with E-state index in [0.717, 1.165) is 12.2 Å². The Kier molecular flexibility index (Phi) is 5.26. The third kappa shape index (κ3) is 4.69. The second-order valence-corrected chi connectivity index (χ2v) is 6.21. The molecule has 0 radical (unpaired) electrons. The van der Waals surface area contributed by atoms with Crippen LogP contribution in [-0.2, 0) is 28.7 Å². The fraction of sp³-hybridized carbons (Fsp3) is 0.375.